The lowest BCUT2D eigenvalue weighted by Gasteiger charge is -2.06. The van der Waals surface area contributed by atoms with Crippen LogP contribution in [0.2, 0.25) is 0 Å². The van der Waals surface area contributed by atoms with E-state index in [2.05, 4.69) is 20.6 Å². The van der Waals surface area contributed by atoms with Gasteiger partial charge in [0.25, 0.3) is 5.91 Å². The highest BCUT2D eigenvalue weighted by atomic mass is 32.1. The molecular weight excluding hydrogens is 394 g/mol. The minimum atomic E-state index is -0.329. The highest BCUT2D eigenvalue weighted by molar-refractivity contribution is 7.20. The third kappa shape index (κ3) is 3.97. The van der Waals surface area contributed by atoms with Gasteiger partial charge >= 0.3 is 0 Å². The van der Waals surface area contributed by atoms with Gasteiger partial charge in [-0.25, -0.2) is 0 Å². The van der Waals surface area contributed by atoms with Crippen molar-refractivity contribution in [2.24, 2.45) is 0 Å². The summed E-state index contributed by atoms with van der Waals surface area (Å²) in [5.74, 6) is 2.14. The number of amides is 1. The van der Waals surface area contributed by atoms with Gasteiger partial charge in [0, 0.05) is 0 Å². The number of methoxy groups -OCH3 is 2. The molecule has 29 heavy (non-hydrogen) atoms. The van der Waals surface area contributed by atoms with Crippen LogP contribution in [-0.2, 0) is 4.79 Å². The van der Waals surface area contributed by atoms with Crippen LogP contribution in [-0.4, -0.2) is 46.5 Å². The van der Waals surface area contributed by atoms with E-state index in [0.29, 0.717) is 33.2 Å². The van der Waals surface area contributed by atoms with Crippen LogP contribution >= 0.6 is 11.3 Å². The van der Waals surface area contributed by atoms with Gasteiger partial charge in [-0.05, 0) is 36.4 Å². The van der Waals surface area contributed by atoms with E-state index in [1.807, 2.05) is 24.3 Å². The van der Waals surface area contributed by atoms with E-state index < -0.39 is 0 Å². The second-order valence-electron chi connectivity index (χ2n) is 5.84. The quantitative estimate of drug-likeness (QED) is 0.499. The van der Waals surface area contributed by atoms with Crippen molar-refractivity contribution >= 4 is 27.3 Å². The maximum Gasteiger partial charge on any atom is 0.264 e. The molecule has 1 N–H and O–H groups in total. The van der Waals surface area contributed by atoms with Crippen molar-refractivity contribution in [3.8, 4) is 28.6 Å². The second-order valence-corrected chi connectivity index (χ2v) is 6.79. The summed E-state index contributed by atoms with van der Waals surface area (Å²) in [7, 11) is 3.18. The molecule has 0 radical (unpaired) electrons. The Morgan fingerprint density at radius 3 is 2.55 bits per heavy atom. The van der Waals surface area contributed by atoms with Gasteiger partial charge in [0.15, 0.2) is 12.4 Å². The summed E-state index contributed by atoms with van der Waals surface area (Å²) in [5, 5.41) is 15.8. The molecule has 10 heteroatoms. The lowest BCUT2D eigenvalue weighted by Crippen LogP contribution is -2.20. The van der Waals surface area contributed by atoms with E-state index in [-0.39, 0.29) is 12.5 Å². The summed E-state index contributed by atoms with van der Waals surface area (Å²) in [4.78, 5) is 12.8. The van der Waals surface area contributed by atoms with Crippen LogP contribution in [0.25, 0.3) is 16.3 Å². The molecule has 148 valence electrons. The fraction of sp³-hybridized carbons (Fsp3) is 0.158. The highest BCUT2D eigenvalue weighted by Gasteiger charge is 2.17. The van der Waals surface area contributed by atoms with E-state index in [9.17, 15) is 4.79 Å². The van der Waals surface area contributed by atoms with Crippen molar-refractivity contribution in [2.75, 3.05) is 26.1 Å². The lowest BCUT2D eigenvalue weighted by atomic mass is 10.2. The average molecular weight is 411 g/mol. The van der Waals surface area contributed by atoms with E-state index >= 15 is 0 Å². The van der Waals surface area contributed by atoms with Gasteiger partial charge in [0.05, 0.1) is 19.8 Å². The van der Waals surface area contributed by atoms with Crippen LogP contribution in [0, 0.1) is 0 Å². The maximum atomic E-state index is 12.2. The molecular formula is C19H17N5O4S. The molecule has 4 rings (SSSR count). The van der Waals surface area contributed by atoms with Crippen LogP contribution in [0.5, 0.6) is 17.2 Å². The van der Waals surface area contributed by atoms with Crippen molar-refractivity contribution in [1.82, 2.24) is 19.8 Å². The normalized spacial score (nSPS) is 10.7. The summed E-state index contributed by atoms with van der Waals surface area (Å²) < 4.78 is 17.5. The predicted octanol–water partition coefficient (Wildman–Crippen LogP) is 2.89. The minimum Gasteiger partial charge on any atom is -0.497 e. The zero-order valence-electron chi connectivity index (χ0n) is 15.7. The van der Waals surface area contributed by atoms with Crippen molar-refractivity contribution in [2.45, 2.75) is 0 Å². The standard InChI is InChI=1S/C19H17N5O4S/c1-26-12-7-9-13(10-8-12)28-11-16(25)20-18-23-24-17(21-22-19(24)29-18)14-5-3-4-6-15(14)27-2/h3-10H,11H2,1-2H3,(H,20,23,25). The van der Waals surface area contributed by atoms with Crippen molar-refractivity contribution in [3.05, 3.63) is 48.5 Å². The third-order valence-electron chi connectivity index (χ3n) is 4.01. The number of para-hydroxylation sites is 1. The Hall–Kier alpha value is -3.66. The van der Waals surface area contributed by atoms with Crippen molar-refractivity contribution < 1.29 is 19.0 Å². The first-order chi connectivity index (χ1) is 14.2. The molecule has 0 unspecified atom stereocenters. The molecule has 0 bridgehead atoms. The second kappa shape index (κ2) is 8.15. The highest BCUT2D eigenvalue weighted by Crippen LogP contribution is 2.30. The fourth-order valence-corrected chi connectivity index (χ4v) is 3.40. The van der Waals surface area contributed by atoms with E-state index in [1.54, 1.807) is 43.0 Å². The summed E-state index contributed by atoms with van der Waals surface area (Å²) in [6, 6.07) is 14.4. The van der Waals surface area contributed by atoms with Crippen molar-refractivity contribution in [3.63, 3.8) is 0 Å². The lowest BCUT2D eigenvalue weighted by molar-refractivity contribution is -0.118. The number of nitrogens with one attached hydrogen (secondary N) is 1. The number of fused-ring (bicyclic) bond motifs is 1. The Labute approximate surface area is 169 Å². The fourth-order valence-electron chi connectivity index (χ4n) is 2.64. The van der Waals surface area contributed by atoms with Gasteiger partial charge in [-0.15, -0.1) is 15.3 Å². The predicted molar refractivity (Wildman–Crippen MR) is 108 cm³/mol. The first-order valence-electron chi connectivity index (χ1n) is 8.60. The van der Waals surface area contributed by atoms with Gasteiger partial charge in [-0.3, -0.25) is 10.1 Å². The minimum absolute atomic E-state index is 0.147. The Morgan fingerprint density at radius 2 is 1.79 bits per heavy atom. The Balaban J connectivity index is 1.46. The van der Waals surface area contributed by atoms with Gasteiger partial charge in [-0.2, -0.15) is 4.52 Å². The smallest absolute Gasteiger partial charge is 0.264 e. The molecule has 0 saturated heterocycles. The number of carbonyl (C=O) groups excluding carboxylic acids is 1. The van der Waals surface area contributed by atoms with Crippen LogP contribution in [0.1, 0.15) is 0 Å². The Morgan fingerprint density at radius 1 is 1.03 bits per heavy atom. The summed E-state index contributed by atoms with van der Waals surface area (Å²) in [6.45, 7) is -0.147. The third-order valence-corrected chi connectivity index (χ3v) is 4.83. The van der Waals surface area contributed by atoms with Gasteiger partial charge in [0.2, 0.25) is 10.1 Å². The number of rotatable bonds is 7. The maximum absolute atomic E-state index is 12.2. The zero-order chi connectivity index (χ0) is 20.2. The van der Waals surface area contributed by atoms with Gasteiger partial charge in [-0.1, -0.05) is 23.5 Å². The zero-order valence-corrected chi connectivity index (χ0v) is 16.5. The van der Waals surface area contributed by atoms with E-state index in [1.165, 1.54) is 11.3 Å². The first kappa shape index (κ1) is 18.7. The summed E-state index contributed by atoms with van der Waals surface area (Å²) in [5.41, 5.74) is 0.758. The largest absolute Gasteiger partial charge is 0.497 e. The molecule has 0 aliphatic heterocycles. The number of carbonyl (C=O) groups is 1. The number of aromatic nitrogens is 4. The van der Waals surface area contributed by atoms with Crippen LogP contribution in [0.4, 0.5) is 5.13 Å². The summed E-state index contributed by atoms with van der Waals surface area (Å²) in [6.07, 6.45) is 0. The van der Waals surface area contributed by atoms with E-state index in [4.69, 9.17) is 14.2 Å². The van der Waals surface area contributed by atoms with Crippen LogP contribution in [0.3, 0.4) is 0 Å². The SMILES string of the molecule is COc1ccc(OCC(=O)Nc2nn3c(-c4ccccc4OC)nnc3s2)cc1. The Kier molecular flexibility index (Phi) is 5.25. The molecule has 2 aromatic carbocycles. The molecule has 0 spiro atoms. The molecule has 0 aliphatic rings. The molecule has 0 aliphatic carbocycles. The number of nitrogens with zero attached hydrogens (tertiary/aromatic N) is 4. The van der Waals surface area contributed by atoms with Gasteiger partial charge in [0.1, 0.15) is 17.2 Å². The number of anilines is 1. The molecule has 2 heterocycles. The Bertz CT molecular complexity index is 1140. The van der Waals surface area contributed by atoms with Crippen molar-refractivity contribution in [1.29, 1.82) is 0 Å². The molecule has 1 amide bonds. The molecule has 9 nitrogen and oxygen atoms in total. The van der Waals surface area contributed by atoms with Crippen LogP contribution < -0.4 is 19.5 Å². The molecule has 4 aromatic rings. The number of hydrogen-bond donors (Lipinski definition) is 1. The molecule has 2 aromatic heterocycles. The molecule has 0 saturated carbocycles. The topological polar surface area (TPSA) is 99.9 Å². The van der Waals surface area contributed by atoms with E-state index in [0.717, 1.165) is 5.56 Å². The van der Waals surface area contributed by atoms with Crippen LogP contribution in [0.15, 0.2) is 48.5 Å². The number of benzene rings is 2. The molecule has 0 atom stereocenters. The van der Waals surface area contributed by atoms with Gasteiger partial charge < -0.3 is 14.2 Å². The number of hydrogen-bond acceptors (Lipinski definition) is 8. The average Bonchev–Trinajstić information content (AvgIpc) is 3.32. The monoisotopic (exact) mass is 411 g/mol. The molecule has 0 fully saturated rings. The number of ether oxygens (including phenoxy) is 3. The first-order valence-corrected chi connectivity index (χ1v) is 9.42. The summed E-state index contributed by atoms with van der Waals surface area (Å²) >= 11 is 1.21.